The fourth-order valence-corrected chi connectivity index (χ4v) is 5.31. The van der Waals surface area contributed by atoms with Crippen molar-refractivity contribution in [1.29, 1.82) is 0 Å². The van der Waals surface area contributed by atoms with Crippen molar-refractivity contribution >= 4 is 17.9 Å². The van der Waals surface area contributed by atoms with Crippen molar-refractivity contribution in [3.63, 3.8) is 0 Å². The first-order chi connectivity index (χ1) is 26.1. The van der Waals surface area contributed by atoms with Crippen LogP contribution in [0.3, 0.4) is 0 Å². The Balaban J connectivity index is 4.51. The standard InChI is InChI=1S/C46H75NO7/c1-6-8-10-12-14-16-18-19-20-21-22-23-24-25-27-28-30-32-34-36-44(48)53-41-42(40-52-39-38-43(46(50)51)47(3,4)5)54-45(49)37-35-33-31-29-26-17-15-13-11-9-7-2/h8,10,13-16,19-20,22-23,25,27,30,32,42-43H,6-7,9,11-12,17-18,21,24,26,28-29,31,33-41H2,1-5H3/b10-8+,15-13+,16-14+,20-19+,23-22+,27-25+,32-30+. The van der Waals surface area contributed by atoms with Gasteiger partial charge in [-0.1, -0.05) is 131 Å². The van der Waals surface area contributed by atoms with Crippen LogP contribution in [-0.2, 0) is 28.6 Å². The molecule has 0 heterocycles. The minimum Gasteiger partial charge on any atom is -0.544 e. The molecular weight excluding hydrogens is 679 g/mol. The van der Waals surface area contributed by atoms with Gasteiger partial charge in [-0.05, 0) is 70.6 Å². The zero-order valence-electron chi connectivity index (χ0n) is 34.6. The summed E-state index contributed by atoms with van der Waals surface area (Å²) in [4.78, 5) is 36.7. The van der Waals surface area contributed by atoms with Gasteiger partial charge >= 0.3 is 11.9 Å². The fraction of sp³-hybridized carbons (Fsp3) is 0.630. The van der Waals surface area contributed by atoms with Crippen molar-refractivity contribution in [2.45, 2.75) is 148 Å². The highest BCUT2D eigenvalue weighted by molar-refractivity contribution is 5.70. The normalized spacial score (nSPS) is 13.9. The molecular formula is C46H75NO7. The van der Waals surface area contributed by atoms with Crippen LogP contribution in [0.15, 0.2) is 85.1 Å². The van der Waals surface area contributed by atoms with E-state index in [9.17, 15) is 19.5 Å². The maximum absolute atomic E-state index is 12.6. The molecule has 8 heteroatoms. The Kier molecular flexibility index (Phi) is 34.1. The minimum absolute atomic E-state index is 0.00878. The number of likely N-dealkylation sites (N-methyl/N-ethyl adjacent to an activating group) is 1. The van der Waals surface area contributed by atoms with E-state index in [-0.39, 0.29) is 55.5 Å². The number of aliphatic carboxylic acids is 1. The second-order valence-corrected chi connectivity index (χ2v) is 14.5. The van der Waals surface area contributed by atoms with E-state index >= 15 is 0 Å². The average Bonchev–Trinajstić information content (AvgIpc) is 3.12. The summed E-state index contributed by atoms with van der Waals surface area (Å²) in [6.45, 7) is 4.39. The van der Waals surface area contributed by atoms with Gasteiger partial charge in [0.15, 0.2) is 6.10 Å². The first-order valence-corrected chi connectivity index (χ1v) is 20.6. The Bertz CT molecular complexity index is 1160. The maximum Gasteiger partial charge on any atom is 0.306 e. The lowest BCUT2D eigenvalue weighted by Gasteiger charge is -2.34. The van der Waals surface area contributed by atoms with Gasteiger partial charge in [0.2, 0.25) is 0 Å². The molecule has 54 heavy (non-hydrogen) atoms. The summed E-state index contributed by atoms with van der Waals surface area (Å²) in [5.41, 5.74) is 0. The van der Waals surface area contributed by atoms with Gasteiger partial charge in [-0.15, -0.1) is 0 Å². The highest BCUT2D eigenvalue weighted by Crippen LogP contribution is 2.11. The molecule has 0 aliphatic heterocycles. The molecule has 0 N–H and O–H groups in total. The lowest BCUT2D eigenvalue weighted by atomic mass is 10.1. The van der Waals surface area contributed by atoms with Crippen LogP contribution >= 0.6 is 0 Å². The second-order valence-electron chi connectivity index (χ2n) is 14.5. The molecule has 2 unspecified atom stereocenters. The third kappa shape index (κ3) is 34.3. The zero-order valence-corrected chi connectivity index (χ0v) is 34.6. The molecule has 0 saturated carbocycles. The molecule has 2 atom stereocenters. The lowest BCUT2D eigenvalue weighted by molar-refractivity contribution is -0.889. The predicted molar refractivity (Wildman–Crippen MR) is 222 cm³/mol. The van der Waals surface area contributed by atoms with Crippen molar-refractivity contribution in [1.82, 2.24) is 0 Å². The number of rotatable bonds is 35. The summed E-state index contributed by atoms with van der Waals surface area (Å²) in [6, 6.07) is -0.741. The van der Waals surface area contributed by atoms with Gasteiger partial charge in [-0.3, -0.25) is 9.59 Å². The van der Waals surface area contributed by atoms with Crippen molar-refractivity contribution in [2.75, 3.05) is 41.0 Å². The molecule has 0 fully saturated rings. The van der Waals surface area contributed by atoms with Crippen LogP contribution in [-0.4, -0.2) is 75.5 Å². The van der Waals surface area contributed by atoms with Crippen molar-refractivity contribution in [2.24, 2.45) is 0 Å². The summed E-state index contributed by atoms with van der Waals surface area (Å²) < 4.78 is 17.0. The van der Waals surface area contributed by atoms with E-state index < -0.39 is 18.1 Å². The summed E-state index contributed by atoms with van der Waals surface area (Å²) in [5, 5.41) is 11.6. The topological polar surface area (TPSA) is 102 Å². The predicted octanol–water partition coefficient (Wildman–Crippen LogP) is 9.63. The van der Waals surface area contributed by atoms with Gasteiger partial charge in [-0.25, -0.2) is 0 Å². The second kappa shape index (κ2) is 36.5. The Morgan fingerprint density at radius 1 is 0.574 bits per heavy atom. The fourth-order valence-electron chi connectivity index (χ4n) is 5.31. The smallest absolute Gasteiger partial charge is 0.306 e. The van der Waals surface area contributed by atoms with Gasteiger partial charge in [0.1, 0.15) is 12.6 Å². The molecule has 0 radical (unpaired) electrons. The third-order valence-corrected chi connectivity index (χ3v) is 8.53. The summed E-state index contributed by atoms with van der Waals surface area (Å²) in [5.74, 6) is -1.87. The molecule has 0 aliphatic rings. The van der Waals surface area contributed by atoms with Crippen LogP contribution in [0.2, 0.25) is 0 Å². The number of hydrogen-bond acceptors (Lipinski definition) is 7. The molecule has 0 aromatic carbocycles. The summed E-state index contributed by atoms with van der Waals surface area (Å²) in [6.07, 6.45) is 46.2. The molecule has 0 aromatic rings. The maximum atomic E-state index is 12.6. The Morgan fingerprint density at radius 2 is 1.07 bits per heavy atom. The largest absolute Gasteiger partial charge is 0.544 e. The number of nitrogens with zero attached hydrogens (tertiary/aromatic N) is 1. The lowest BCUT2D eigenvalue weighted by Crippen LogP contribution is -2.55. The van der Waals surface area contributed by atoms with E-state index in [0.717, 1.165) is 83.5 Å². The number of ether oxygens (including phenoxy) is 3. The molecule has 0 aliphatic carbocycles. The van der Waals surface area contributed by atoms with Crippen LogP contribution in [0, 0.1) is 0 Å². The van der Waals surface area contributed by atoms with Crippen LogP contribution in [0.1, 0.15) is 136 Å². The molecule has 0 saturated heterocycles. The number of quaternary nitrogens is 1. The van der Waals surface area contributed by atoms with Crippen molar-refractivity contribution in [3.05, 3.63) is 85.1 Å². The van der Waals surface area contributed by atoms with E-state index in [2.05, 4.69) is 86.8 Å². The number of hydrogen-bond donors (Lipinski definition) is 0. The molecule has 0 spiro atoms. The molecule has 0 rings (SSSR count). The number of esters is 2. The van der Waals surface area contributed by atoms with E-state index in [0.29, 0.717) is 6.42 Å². The Morgan fingerprint density at radius 3 is 1.61 bits per heavy atom. The van der Waals surface area contributed by atoms with Gasteiger partial charge in [0.25, 0.3) is 0 Å². The molecule has 0 amide bonds. The number of carboxylic acid groups (broad SMARTS) is 1. The SMILES string of the molecule is CC/C=C/C/C=C/C/C=C/C/C=C/C/C=C/C/C=C/CCC(=O)OCC(COCCC(C(=O)[O-])[N+](C)(C)C)OC(=O)CCCCCCC/C=C/CCCC. The minimum atomic E-state index is -1.14. The van der Waals surface area contributed by atoms with E-state index in [1.54, 1.807) is 21.1 Å². The van der Waals surface area contributed by atoms with Crippen LogP contribution in [0.25, 0.3) is 0 Å². The monoisotopic (exact) mass is 754 g/mol. The summed E-state index contributed by atoms with van der Waals surface area (Å²) in [7, 11) is 5.36. The average molecular weight is 754 g/mol. The Labute approximate surface area is 329 Å². The van der Waals surface area contributed by atoms with Crippen molar-refractivity contribution in [3.8, 4) is 0 Å². The van der Waals surface area contributed by atoms with E-state index in [1.165, 1.54) is 12.8 Å². The van der Waals surface area contributed by atoms with Gasteiger partial charge in [0, 0.05) is 19.3 Å². The van der Waals surface area contributed by atoms with E-state index in [4.69, 9.17) is 14.2 Å². The first kappa shape index (κ1) is 50.5. The zero-order chi connectivity index (χ0) is 40.0. The molecule has 8 nitrogen and oxygen atoms in total. The number of unbranched alkanes of at least 4 members (excludes halogenated alkanes) is 7. The highest BCUT2D eigenvalue weighted by atomic mass is 16.6. The number of carbonyl (C=O) groups excluding carboxylic acids is 3. The summed E-state index contributed by atoms with van der Waals surface area (Å²) >= 11 is 0. The highest BCUT2D eigenvalue weighted by Gasteiger charge is 2.25. The van der Waals surface area contributed by atoms with Gasteiger partial charge in [-0.2, -0.15) is 0 Å². The quantitative estimate of drug-likeness (QED) is 0.0275. The first-order valence-electron chi connectivity index (χ1n) is 20.6. The van der Waals surface area contributed by atoms with Crippen LogP contribution < -0.4 is 5.11 Å². The van der Waals surface area contributed by atoms with Gasteiger partial charge < -0.3 is 28.6 Å². The molecule has 0 bridgehead atoms. The van der Waals surface area contributed by atoms with Crippen molar-refractivity contribution < 1.29 is 38.2 Å². The Hall–Kier alpha value is -3.49. The van der Waals surface area contributed by atoms with Gasteiger partial charge in [0.05, 0.1) is 40.3 Å². The third-order valence-electron chi connectivity index (χ3n) is 8.53. The van der Waals surface area contributed by atoms with Crippen LogP contribution in [0.5, 0.6) is 0 Å². The van der Waals surface area contributed by atoms with E-state index in [1.807, 2.05) is 12.2 Å². The molecule has 306 valence electrons. The molecule has 0 aromatic heterocycles. The number of allylic oxidation sites excluding steroid dienone is 14. The number of carbonyl (C=O) groups is 3. The number of carboxylic acids is 1. The van der Waals surface area contributed by atoms with Crippen LogP contribution in [0.4, 0.5) is 0 Å².